The molecule has 2 aliphatic heterocycles. The van der Waals surface area contributed by atoms with Gasteiger partial charge in [-0.25, -0.2) is 4.98 Å². The van der Waals surface area contributed by atoms with Crippen molar-refractivity contribution in [1.29, 1.82) is 0 Å². The maximum absolute atomic E-state index is 6.08. The van der Waals surface area contributed by atoms with E-state index in [1.54, 1.807) is 6.20 Å². The van der Waals surface area contributed by atoms with Crippen molar-refractivity contribution in [3.63, 3.8) is 0 Å². The molecule has 0 N–H and O–H groups in total. The average Bonchev–Trinajstić information content (AvgIpc) is 2.58. The van der Waals surface area contributed by atoms with Gasteiger partial charge in [0.1, 0.15) is 5.60 Å². The van der Waals surface area contributed by atoms with Gasteiger partial charge in [-0.15, -0.1) is 0 Å². The molecule has 0 aliphatic carbocycles. The van der Waals surface area contributed by atoms with Crippen molar-refractivity contribution >= 4 is 15.9 Å². The minimum Gasteiger partial charge on any atom is -0.465 e. The molecule has 2 unspecified atom stereocenters. The van der Waals surface area contributed by atoms with Crippen molar-refractivity contribution in [2.24, 2.45) is 0 Å². The third-order valence-electron chi connectivity index (χ3n) is 3.15. The SMILES string of the molecule is Brc1cccnc1OC12C=CCN(CC1)C2. The van der Waals surface area contributed by atoms with Crippen LogP contribution in [0.1, 0.15) is 6.42 Å². The van der Waals surface area contributed by atoms with Crippen molar-refractivity contribution in [3.8, 4) is 5.88 Å². The van der Waals surface area contributed by atoms with E-state index in [-0.39, 0.29) is 5.60 Å². The largest absolute Gasteiger partial charge is 0.465 e. The third kappa shape index (κ3) is 1.76. The summed E-state index contributed by atoms with van der Waals surface area (Å²) < 4.78 is 7.00. The van der Waals surface area contributed by atoms with Crippen molar-refractivity contribution in [2.45, 2.75) is 12.0 Å². The first-order valence-corrected chi connectivity index (χ1v) is 6.26. The van der Waals surface area contributed by atoms with Gasteiger partial charge in [-0.2, -0.15) is 0 Å². The maximum atomic E-state index is 6.08. The molecule has 2 bridgehead atoms. The van der Waals surface area contributed by atoms with Gasteiger partial charge < -0.3 is 4.74 Å². The predicted octanol–water partition coefficient (Wildman–Crippen LogP) is 2.24. The molecule has 2 aliphatic rings. The minimum atomic E-state index is -0.158. The normalized spacial score (nSPS) is 31.7. The third-order valence-corrected chi connectivity index (χ3v) is 3.76. The van der Waals surface area contributed by atoms with Gasteiger partial charge in [0.2, 0.25) is 5.88 Å². The zero-order valence-electron chi connectivity index (χ0n) is 8.90. The molecule has 0 spiro atoms. The van der Waals surface area contributed by atoms with Crippen LogP contribution in [0.5, 0.6) is 5.88 Å². The molecule has 3 heterocycles. The molecule has 0 amide bonds. The molecule has 1 fully saturated rings. The summed E-state index contributed by atoms with van der Waals surface area (Å²) in [6.07, 6.45) is 7.19. The summed E-state index contributed by atoms with van der Waals surface area (Å²) in [5.41, 5.74) is -0.158. The van der Waals surface area contributed by atoms with Gasteiger partial charge in [0.05, 0.1) is 4.47 Å². The van der Waals surface area contributed by atoms with Crippen molar-refractivity contribution in [2.75, 3.05) is 19.6 Å². The molecule has 84 valence electrons. The van der Waals surface area contributed by atoms with Gasteiger partial charge in [-0.1, -0.05) is 6.08 Å². The lowest BCUT2D eigenvalue weighted by Crippen LogP contribution is -2.40. The highest BCUT2D eigenvalue weighted by molar-refractivity contribution is 9.10. The van der Waals surface area contributed by atoms with Crippen molar-refractivity contribution in [1.82, 2.24) is 9.88 Å². The highest BCUT2D eigenvalue weighted by atomic mass is 79.9. The Morgan fingerprint density at radius 3 is 3.31 bits per heavy atom. The van der Waals surface area contributed by atoms with Gasteiger partial charge in [0.25, 0.3) is 0 Å². The molecular formula is C12H13BrN2O. The van der Waals surface area contributed by atoms with E-state index in [4.69, 9.17) is 4.74 Å². The van der Waals surface area contributed by atoms with E-state index in [1.165, 1.54) is 0 Å². The number of ether oxygens (including phenoxy) is 1. The zero-order valence-corrected chi connectivity index (χ0v) is 10.5. The Bertz CT molecular complexity index is 435. The van der Waals surface area contributed by atoms with Gasteiger partial charge >= 0.3 is 0 Å². The van der Waals surface area contributed by atoms with Crippen LogP contribution in [0.25, 0.3) is 0 Å². The second kappa shape index (κ2) is 3.86. The lowest BCUT2D eigenvalue weighted by Gasteiger charge is -2.29. The highest BCUT2D eigenvalue weighted by Crippen LogP contribution is 2.33. The summed E-state index contributed by atoms with van der Waals surface area (Å²) in [5, 5.41) is 0. The lowest BCUT2D eigenvalue weighted by molar-refractivity contribution is 0.114. The fourth-order valence-corrected chi connectivity index (χ4v) is 2.68. The fraction of sp³-hybridized carbons (Fsp3) is 0.417. The summed E-state index contributed by atoms with van der Waals surface area (Å²) in [5.74, 6) is 0.691. The van der Waals surface area contributed by atoms with Gasteiger partial charge in [0.15, 0.2) is 0 Å². The molecule has 3 rings (SSSR count). The van der Waals surface area contributed by atoms with Crippen LogP contribution in [0, 0.1) is 0 Å². The molecule has 16 heavy (non-hydrogen) atoms. The van der Waals surface area contributed by atoms with Crippen LogP contribution in [-0.2, 0) is 0 Å². The molecule has 1 saturated heterocycles. The molecule has 0 radical (unpaired) electrons. The Balaban J connectivity index is 1.87. The van der Waals surface area contributed by atoms with Crippen molar-refractivity contribution < 1.29 is 4.74 Å². The molecule has 1 aromatic rings. The van der Waals surface area contributed by atoms with E-state index < -0.39 is 0 Å². The van der Waals surface area contributed by atoms with Crippen LogP contribution in [0.4, 0.5) is 0 Å². The molecule has 2 atom stereocenters. The first kappa shape index (κ1) is 10.3. The average molecular weight is 281 g/mol. The van der Waals surface area contributed by atoms with E-state index in [0.29, 0.717) is 5.88 Å². The molecular weight excluding hydrogens is 268 g/mol. The maximum Gasteiger partial charge on any atom is 0.228 e. The second-order valence-corrected chi connectivity index (χ2v) is 5.20. The number of aromatic nitrogens is 1. The van der Waals surface area contributed by atoms with Crippen LogP contribution < -0.4 is 4.74 Å². The van der Waals surface area contributed by atoms with E-state index in [2.05, 4.69) is 38.0 Å². The number of fused-ring (bicyclic) bond motifs is 2. The topological polar surface area (TPSA) is 25.4 Å². The number of nitrogens with zero attached hydrogens (tertiary/aromatic N) is 2. The minimum absolute atomic E-state index is 0.158. The molecule has 0 aromatic carbocycles. The van der Waals surface area contributed by atoms with Crippen LogP contribution >= 0.6 is 15.9 Å². The summed E-state index contributed by atoms with van der Waals surface area (Å²) >= 11 is 3.46. The number of hydrogen-bond acceptors (Lipinski definition) is 3. The standard InChI is InChI=1S/C12H13BrN2O/c13-10-3-1-6-14-11(10)16-12-4-2-7-15(9-12)8-5-12/h1-4,6H,5,7-9H2. The number of pyridine rings is 1. The van der Waals surface area contributed by atoms with Crippen molar-refractivity contribution in [3.05, 3.63) is 35.0 Å². The van der Waals surface area contributed by atoms with E-state index in [0.717, 1.165) is 30.5 Å². The summed E-state index contributed by atoms with van der Waals surface area (Å²) in [6, 6.07) is 3.85. The lowest BCUT2D eigenvalue weighted by atomic mass is 10.0. The Morgan fingerprint density at radius 2 is 2.44 bits per heavy atom. The Morgan fingerprint density at radius 1 is 1.50 bits per heavy atom. The van der Waals surface area contributed by atoms with Gasteiger partial charge in [-0.3, -0.25) is 4.90 Å². The van der Waals surface area contributed by atoms with E-state index in [1.807, 2.05) is 12.1 Å². The monoisotopic (exact) mass is 280 g/mol. The Hall–Kier alpha value is -0.870. The highest BCUT2D eigenvalue weighted by Gasteiger charge is 2.40. The Kier molecular flexibility index (Phi) is 2.48. The van der Waals surface area contributed by atoms with Crippen LogP contribution in [0.2, 0.25) is 0 Å². The van der Waals surface area contributed by atoms with E-state index in [9.17, 15) is 0 Å². The quantitative estimate of drug-likeness (QED) is 0.777. The number of halogens is 1. The van der Waals surface area contributed by atoms with Crippen LogP contribution in [0.3, 0.4) is 0 Å². The summed E-state index contributed by atoms with van der Waals surface area (Å²) in [4.78, 5) is 6.66. The Labute approximate surface area is 103 Å². The summed E-state index contributed by atoms with van der Waals surface area (Å²) in [6.45, 7) is 3.14. The molecule has 3 nitrogen and oxygen atoms in total. The molecule has 1 aromatic heterocycles. The summed E-state index contributed by atoms with van der Waals surface area (Å²) in [7, 11) is 0. The van der Waals surface area contributed by atoms with Gasteiger partial charge in [-0.05, 0) is 34.1 Å². The van der Waals surface area contributed by atoms with Crippen LogP contribution in [0.15, 0.2) is 35.0 Å². The smallest absolute Gasteiger partial charge is 0.228 e. The number of rotatable bonds is 2. The second-order valence-electron chi connectivity index (χ2n) is 4.34. The number of hydrogen-bond donors (Lipinski definition) is 0. The zero-order chi connectivity index (χ0) is 11.0. The molecule has 0 saturated carbocycles. The predicted molar refractivity (Wildman–Crippen MR) is 65.5 cm³/mol. The van der Waals surface area contributed by atoms with Crippen LogP contribution in [-0.4, -0.2) is 35.1 Å². The first-order valence-electron chi connectivity index (χ1n) is 5.47. The fourth-order valence-electron chi connectivity index (χ4n) is 2.35. The molecule has 4 heteroatoms. The van der Waals surface area contributed by atoms with E-state index >= 15 is 0 Å². The first-order chi connectivity index (χ1) is 7.77. The van der Waals surface area contributed by atoms with Gasteiger partial charge in [0, 0.05) is 32.3 Å².